The smallest absolute Gasteiger partial charge is 0.183 e. The van der Waals surface area contributed by atoms with Crippen LogP contribution in [0.4, 0.5) is 9.52 Å². The largest absolute Gasteiger partial charge is 0.356 e. The molecule has 0 fully saturated rings. The second-order valence-corrected chi connectivity index (χ2v) is 5.75. The van der Waals surface area contributed by atoms with Gasteiger partial charge in [0.2, 0.25) is 0 Å². The molecule has 0 unspecified atom stereocenters. The van der Waals surface area contributed by atoms with Gasteiger partial charge in [-0.15, -0.1) is 16.4 Å². The number of nitrogens with zero attached hydrogens (tertiary/aromatic N) is 4. The Bertz CT molecular complexity index is 719. The van der Waals surface area contributed by atoms with Crippen LogP contribution in [0.2, 0.25) is 0 Å². The molecule has 7 heteroatoms. The molecule has 0 spiro atoms. The Labute approximate surface area is 125 Å². The van der Waals surface area contributed by atoms with E-state index < -0.39 is 0 Å². The van der Waals surface area contributed by atoms with Gasteiger partial charge < -0.3 is 5.32 Å². The predicted molar refractivity (Wildman–Crippen MR) is 79.6 cm³/mol. The van der Waals surface area contributed by atoms with E-state index in [-0.39, 0.29) is 5.82 Å². The number of aryl methyl sites for hydroxylation is 1. The van der Waals surface area contributed by atoms with Crippen molar-refractivity contribution in [2.24, 2.45) is 7.05 Å². The molecule has 0 aliphatic rings. The third kappa shape index (κ3) is 3.43. The van der Waals surface area contributed by atoms with E-state index in [2.05, 4.69) is 20.6 Å². The maximum atomic E-state index is 12.9. The van der Waals surface area contributed by atoms with E-state index in [1.807, 2.05) is 13.2 Å². The maximum absolute atomic E-state index is 12.9. The van der Waals surface area contributed by atoms with Crippen LogP contribution in [0.25, 0.3) is 0 Å². The zero-order chi connectivity index (χ0) is 14.7. The SMILES string of the molecule is Cn1nncc1CNc1ncc(Cc2ccc(F)cc2)s1. The molecule has 1 aromatic carbocycles. The molecule has 0 bridgehead atoms. The van der Waals surface area contributed by atoms with Crippen molar-refractivity contribution >= 4 is 16.5 Å². The highest BCUT2D eigenvalue weighted by atomic mass is 32.1. The van der Waals surface area contributed by atoms with Crippen molar-refractivity contribution in [3.63, 3.8) is 0 Å². The molecule has 108 valence electrons. The Hall–Kier alpha value is -2.28. The van der Waals surface area contributed by atoms with Crippen molar-refractivity contribution in [3.05, 3.63) is 58.6 Å². The van der Waals surface area contributed by atoms with E-state index in [0.717, 1.165) is 27.7 Å². The van der Waals surface area contributed by atoms with Crippen LogP contribution in [0.3, 0.4) is 0 Å². The third-order valence-electron chi connectivity index (χ3n) is 3.07. The summed E-state index contributed by atoms with van der Waals surface area (Å²) in [6.07, 6.45) is 4.32. The number of benzene rings is 1. The molecule has 5 nitrogen and oxygen atoms in total. The Morgan fingerprint density at radius 1 is 1.24 bits per heavy atom. The Morgan fingerprint density at radius 3 is 2.76 bits per heavy atom. The van der Waals surface area contributed by atoms with Gasteiger partial charge >= 0.3 is 0 Å². The zero-order valence-corrected chi connectivity index (χ0v) is 12.3. The van der Waals surface area contributed by atoms with E-state index in [1.54, 1.807) is 34.3 Å². The van der Waals surface area contributed by atoms with Gasteiger partial charge in [0.15, 0.2) is 5.13 Å². The lowest BCUT2D eigenvalue weighted by atomic mass is 10.1. The van der Waals surface area contributed by atoms with Crippen LogP contribution < -0.4 is 5.32 Å². The average Bonchev–Trinajstić information content (AvgIpc) is 3.08. The van der Waals surface area contributed by atoms with Crippen LogP contribution in [0.1, 0.15) is 16.1 Å². The second kappa shape index (κ2) is 6.01. The van der Waals surface area contributed by atoms with Gasteiger partial charge in [-0.25, -0.2) is 9.37 Å². The second-order valence-electron chi connectivity index (χ2n) is 4.64. The molecule has 2 heterocycles. The van der Waals surface area contributed by atoms with Gasteiger partial charge in [0, 0.05) is 24.5 Å². The molecule has 2 aromatic heterocycles. The van der Waals surface area contributed by atoms with Crippen molar-refractivity contribution in [1.82, 2.24) is 20.0 Å². The highest BCUT2D eigenvalue weighted by molar-refractivity contribution is 7.15. The fraction of sp³-hybridized carbons (Fsp3) is 0.214. The van der Waals surface area contributed by atoms with Gasteiger partial charge in [0.25, 0.3) is 0 Å². The molecule has 0 atom stereocenters. The quantitative estimate of drug-likeness (QED) is 0.787. The topological polar surface area (TPSA) is 55.6 Å². The number of aromatic nitrogens is 4. The summed E-state index contributed by atoms with van der Waals surface area (Å²) in [7, 11) is 1.85. The summed E-state index contributed by atoms with van der Waals surface area (Å²) < 4.78 is 14.6. The minimum Gasteiger partial charge on any atom is -0.356 e. The van der Waals surface area contributed by atoms with Gasteiger partial charge in [0.05, 0.1) is 18.4 Å². The van der Waals surface area contributed by atoms with Gasteiger partial charge in [-0.2, -0.15) is 0 Å². The number of halogens is 1. The van der Waals surface area contributed by atoms with Gasteiger partial charge in [-0.1, -0.05) is 17.3 Å². The van der Waals surface area contributed by atoms with Crippen molar-refractivity contribution in [2.75, 3.05) is 5.32 Å². The first-order valence-corrected chi connectivity index (χ1v) is 7.29. The van der Waals surface area contributed by atoms with Crippen molar-refractivity contribution < 1.29 is 4.39 Å². The predicted octanol–water partition coefficient (Wildman–Crippen LogP) is 2.61. The first-order chi connectivity index (χ1) is 10.2. The Morgan fingerprint density at radius 2 is 2.05 bits per heavy atom. The molecular formula is C14H14FN5S. The van der Waals surface area contributed by atoms with E-state index in [1.165, 1.54) is 12.1 Å². The van der Waals surface area contributed by atoms with E-state index in [0.29, 0.717) is 6.54 Å². The molecule has 0 saturated carbocycles. The Kier molecular flexibility index (Phi) is 3.92. The van der Waals surface area contributed by atoms with Crippen LogP contribution in [0, 0.1) is 5.82 Å². The lowest BCUT2D eigenvalue weighted by Gasteiger charge is -2.01. The first kappa shape index (κ1) is 13.7. The van der Waals surface area contributed by atoms with Crippen LogP contribution in [0.5, 0.6) is 0 Å². The fourth-order valence-corrected chi connectivity index (χ4v) is 2.75. The summed E-state index contributed by atoms with van der Waals surface area (Å²) in [5.41, 5.74) is 2.06. The van der Waals surface area contributed by atoms with Gasteiger partial charge in [0.1, 0.15) is 5.82 Å². The molecule has 0 aliphatic heterocycles. The summed E-state index contributed by atoms with van der Waals surface area (Å²) in [6.45, 7) is 0.632. The standard InChI is InChI=1S/C14H14FN5S/c1-20-12(8-18-19-20)7-16-14-17-9-13(21-14)6-10-2-4-11(15)5-3-10/h2-5,8-9H,6-7H2,1H3,(H,16,17). The van der Waals surface area contributed by atoms with E-state index >= 15 is 0 Å². The molecule has 0 amide bonds. The molecule has 3 aromatic rings. The molecule has 0 saturated heterocycles. The van der Waals surface area contributed by atoms with Crippen molar-refractivity contribution in [1.29, 1.82) is 0 Å². The van der Waals surface area contributed by atoms with E-state index in [4.69, 9.17) is 0 Å². The summed E-state index contributed by atoms with van der Waals surface area (Å²) in [5.74, 6) is -0.213. The van der Waals surface area contributed by atoms with Crippen molar-refractivity contribution in [2.45, 2.75) is 13.0 Å². The number of hydrogen-bond donors (Lipinski definition) is 1. The number of nitrogens with one attached hydrogen (secondary N) is 1. The summed E-state index contributed by atoms with van der Waals surface area (Å²) >= 11 is 1.59. The van der Waals surface area contributed by atoms with Crippen molar-refractivity contribution in [3.8, 4) is 0 Å². The van der Waals surface area contributed by atoms with Gasteiger partial charge in [-0.3, -0.25) is 4.68 Å². The minimum absolute atomic E-state index is 0.213. The average molecular weight is 303 g/mol. The van der Waals surface area contributed by atoms with Crippen LogP contribution in [0.15, 0.2) is 36.7 Å². The number of rotatable bonds is 5. The van der Waals surface area contributed by atoms with Crippen LogP contribution in [-0.2, 0) is 20.0 Å². The number of thiazole rings is 1. The molecule has 0 radical (unpaired) electrons. The highest BCUT2D eigenvalue weighted by Crippen LogP contribution is 2.21. The number of anilines is 1. The maximum Gasteiger partial charge on any atom is 0.183 e. The lowest BCUT2D eigenvalue weighted by Crippen LogP contribution is -2.04. The van der Waals surface area contributed by atoms with Gasteiger partial charge in [-0.05, 0) is 17.7 Å². The van der Waals surface area contributed by atoms with E-state index in [9.17, 15) is 4.39 Å². The molecule has 0 aliphatic carbocycles. The lowest BCUT2D eigenvalue weighted by molar-refractivity contribution is 0.627. The summed E-state index contributed by atoms with van der Waals surface area (Å²) in [5, 5.41) is 11.8. The summed E-state index contributed by atoms with van der Waals surface area (Å²) in [4.78, 5) is 5.47. The molecule has 1 N–H and O–H groups in total. The minimum atomic E-state index is -0.213. The first-order valence-electron chi connectivity index (χ1n) is 6.47. The van der Waals surface area contributed by atoms with Crippen LogP contribution >= 0.6 is 11.3 Å². The molecule has 3 rings (SSSR count). The van der Waals surface area contributed by atoms with Crippen LogP contribution in [-0.4, -0.2) is 20.0 Å². The molecule has 21 heavy (non-hydrogen) atoms. The number of hydrogen-bond acceptors (Lipinski definition) is 5. The zero-order valence-electron chi connectivity index (χ0n) is 11.5. The molecular weight excluding hydrogens is 289 g/mol. The summed E-state index contributed by atoms with van der Waals surface area (Å²) in [6, 6.07) is 6.54. The monoisotopic (exact) mass is 303 g/mol. The highest BCUT2D eigenvalue weighted by Gasteiger charge is 2.05. The Balaban J connectivity index is 1.61. The normalized spacial score (nSPS) is 10.8. The fourth-order valence-electron chi connectivity index (χ4n) is 1.91. The third-order valence-corrected chi connectivity index (χ3v) is 4.03.